The molecule has 0 bridgehead atoms. The number of nitrogens with one attached hydrogen (secondary N) is 1. The molecule has 6 heteroatoms. The normalized spacial score (nSPS) is 19.8. The molecule has 0 aromatic heterocycles. The first-order chi connectivity index (χ1) is 9.52. The second-order valence-electron chi connectivity index (χ2n) is 5.03. The predicted octanol–water partition coefficient (Wildman–Crippen LogP) is 1.78. The molecule has 3 N–H and O–H groups in total. The lowest BCUT2D eigenvalue weighted by atomic mass is 10.1. The maximum Gasteiger partial charge on any atom is 0.407 e. The number of nitrogens with zero attached hydrogens (tertiary/aromatic N) is 1. The van der Waals surface area contributed by atoms with E-state index in [9.17, 15) is 9.18 Å². The largest absolute Gasteiger partial charge is 0.453 e. The van der Waals surface area contributed by atoms with Crippen LogP contribution < -0.4 is 16.0 Å². The average molecular weight is 281 g/mol. The number of ether oxygens (including phenoxy) is 1. The number of rotatable bonds is 3. The molecule has 1 aromatic rings. The summed E-state index contributed by atoms with van der Waals surface area (Å²) >= 11 is 0. The van der Waals surface area contributed by atoms with E-state index in [0.29, 0.717) is 18.8 Å². The standard InChI is InChI=1S/C14H20FN3O2/c1-9(16)11-4-3-5-12(15)13(11)18-7-6-10(8-18)17-14(19)20-2/h3-5,9-10H,6-8,16H2,1-2H3,(H,17,19). The lowest BCUT2D eigenvalue weighted by Gasteiger charge is -2.24. The number of amides is 1. The Hall–Kier alpha value is -1.82. The number of carbonyl (C=O) groups excluding carboxylic acids is 1. The zero-order chi connectivity index (χ0) is 14.7. The quantitative estimate of drug-likeness (QED) is 0.886. The van der Waals surface area contributed by atoms with Gasteiger partial charge >= 0.3 is 6.09 Å². The van der Waals surface area contributed by atoms with Crippen molar-refractivity contribution in [2.24, 2.45) is 5.73 Å². The Morgan fingerprint density at radius 3 is 3.00 bits per heavy atom. The molecule has 0 saturated carbocycles. The number of methoxy groups -OCH3 is 1. The lowest BCUT2D eigenvalue weighted by Crippen LogP contribution is -2.37. The summed E-state index contributed by atoms with van der Waals surface area (Å²) in [5, 5.41) is 2.74. The number of anilines is 1. The van der Waals surface area contributed by atoms with Gasteiger partial charge in [-0.25, -0.2) is 9.18 Å². The third-order valence-electron chi connectivity index (χ3n) is 3.52. The topological polar surface area (TPSA) is 67.6 Å². The molecular weight excluding hydrogens is 261 g/mol. The number of alkyl carbamates (subject to hydrolysis) is 1. The second kappa shape index (κ2) is 6.09. The van der Waals surface area contributed by atoms with Crippen LogP contribution in [0.3, 0.4) is 0 Å². The molecule has 1 fully saturated rings. The number of hydrogen-bond acceptors (Lipinski definition) is 4. The molecular formula is C14H20FN3O2. The molecule has 1 aliphatic rings. The van der Waals surface area contributed by atoms with Crippen LogP contribution in [0, 0.1) is 5.82 Å². The summed E-state index contributed by atoms with van der Waals surface area (Å²) in [5.41, 5.74) is 7.22. The zero-order valence-electron chi connectivity index (χ0n) is 11.7. The minimum absolute atomic E-state index is 0.0389. The first kappa shape index (κ1) is 14.6. The predicted molar refractivity (Wildman–Crippen MR) is 75.2 cm³/mol. The Kier molecular flexibility index (Phi) is 4.44. The number of hydrogen-bond donors (Lipinski definition) is 2. The van der Waals surface area contributed by atoms with E-state index in [-0.39, 0.29) is 17.9 Å². The summed E-state index contributed by atoms with van der Waals surface area (Å²) in [5.74, 6) is -0.279. The molecule has 20 heavy (non-hydrogen) atoms. The molecule has 1 aromatic carbocycles. The van der Waals surface area contributed by atoms with Crippen molar-refractivity contribution < 1.29 is 13.9 Å². The van der Waals surface area contributed by atoms with Gasteiger partial charge in [-0.2, -0.15) is 0 Å². The van der Waals surface area contributed by atoms with Crippen LogP contribution in [0.1, 0.15) is 24.9 Å². The molecule has 0 radical (unpaired) electrons. The van der Waals surface area contributed by atoms with E-state index in [1.54, 1.807) is 6.07 Å². The van der Waals surface area contributed by atoms with Crippen LogP contribution in [0.5, 0.6) is 0 Å². The average Bonchev–Trinajstić information content (AvgIpc) is 2.86. The van der Waals surface area contributed by atoms with Crippen molar-refractivity contribution in [1.82, 2.24) is 5.32 Å². The molecule has 1 aliphatic heterocycles. The van der Waals surface area contributed by atoms with E-state index in [1.807, 2.05) is 17.9 Å². The molecule has 5 nitrogen and oxygen atoms in total. The van der Waals surface area contributed by atoms with Gasteiger partial charge in [-0.3, -0.25) is 0 Å². The number of para-hydroxylation sites is 1. The summed E-state index contributed by atoms with van der Waals surface area (Å²) < 4.78 is 18.7. The van der Waals surface area contributed by atoms with Gasteiger partial charge < -0.3 is 20.7 Å². The highest BCUT2D eigenvalue weighted by molar-refractivity contribution is 5.68. The fourth-order valence-corrected chi connectivity index (χ4v) is 2.54. The number of benzene rings is 1. The summed E-state index contributed by atoms with van der Waals surface area (Å²) in [7, 11) is 1.33. The van der Waals surface area contributed by atoms with Crippen LogP contribution in [-0.4, -0.2) is 32.3 Å². The second-order valence-corrected chi connectivity index (χ2v) is 5.03. The third kappa shape index (κ3) is 3.01. The number of halogens is 1. The molecule has 1 saturated heterocycles. The maximum atomic E-state index is 14.1. The van der Waals surface area contributed by atoms with E-state index >= 15 is 0 Å². The molecule has 0 spiro atoms. The van der Waals surface area contributed by atoms with E-state index in [4.69, 9.17) is 5.73 Å². The van der Waals surface area contributed by atoms with Gasteiger partial charge in [-0.15, -0.1) is 0 Å². The van der Waals surface area contributed by atoms with Crippen LogP contribution in [0.2, 0.25) is 0 Å². The SMILES string of the molecule is COC(=O)NC1CCN(c2c(F)cccc2C(C)N)C1. The Morgan fingerprint density at radius 2 is 2.35 bits per heavy atom. The summed E-state index contributed by atoms with van der Waals surface area (Å²) in [6, 6.07) is 4.65. The van der Waals surface area contributed by atoms with Gasteiger partial charge in [0.15, 0.2) is 0 Å². The van der Waals surface area contributed by atoms with E-state index in [1.165, 1.54) is 13.2 Å². The Bertz CT molecular complexity index is 493. The summed E-state index contributed by atoms with van der Waals surface area (Å²) in [6.45, 7) is 3.06. The number of carbonyl (C=O) groups is 1. The highest BCUT2D eigenvalue weighted by Crippen LogP contribution is 2.30. The lowest BCUT2D eigenvalue weighted by molar-refractivity contribution is 0.167. The zero-order valence-corrected chi connectivity index (χ0v) is 11.7. The first-order valence-corrected chi connectivity index (χ1v) is 6.66. The maximum absolute atomic E-state index is 14.1. The van der Waals surface area contributed by atoms with Crippen molar-refractivity contribution >= 4 is 11.8 Å². The van der Waals surface area contributed by atoms with Gasteiger partial charge in [0.1, 0.15) is 5.82 Å². The van der Waals surface area contributed by atoms with Gasteiger partial charge in [0.25, 0.3) is 0 Å². The minimum atomic E-state index is -0.460. The molecule has 2 rings (SSSR count). The Labute approximate surface area is 117 Å². The first-order valence-electron chi connectivity index (χ1n) is 6.66. The molecule has 0 aliphatic carbocycles. The van der Waals surface area contributed by atoms with Crippen molar-refractivity contribution in [2.45, 2.75) is 25.4 Å². The highest BCUT2D eigenvalue weighted by Gasteiger charge is 2.28. The van der Waals surface area contributed by atoms with Gasteiger partial charge in [0.2, 0.25) is 0 Å². The number of nitrogens with two attached hydrogens (primary N) is 1. The van der Waals surface area contributed by atoms with E-state index < -0.39 is 6.09 Å². The van der Waals surface area contributed by atoms with Gasteiger partial charge in [0.05, 0.1) is 18.8 Å². The smallest absolute Gasteiger partial charge is 0.407 e. The van der Waals surface area contributed by atoms with Gasteiger partial charge in [-0.05, 0) is 25.0 Å². The Morgan fingerprint density at radius 1 is 1.60 bits per heavy atom. The summed E-state index contributed by atoms with van der Waals surface area (Å²) in [6.07, 6.45) is 0.291. The van der Waals surface area contributed by atoms with Gasteiger partial charge in [0, 0.05) is 19.1 Å². The molecule has 2 unspecified atom stereocenters. The van der Waals surface area contributed by atoms with E-state index in [2.05, 4.69) is 10.1 Å². The molecule has 1 amide bonds. The highest BCUT2D eigenvalue weighted by atomic mass is 19.1. The van der Waals surface area contributed by atoms with Crippen molar-refractivity contribution in [1.29, 1.82) is 0 Å². The van der Waals surface area contributed by atoms with Crippen LogP contribution >= 0.6 is 0 Å². The molecule has 2 atom stereocenters. The van der Waals surface area contributed by atoms with Crippen LogP contribution in [0.15, 0.2) is 18.2 Å². The fourth-order valence-electron chi connectivity index (χ4n) is 2.54. The monoisotopic (exact) mass is 281 g/mol. The Balaban J connectivity index is 2.16. The van der Waals surface area contributed by atoms with Crippen molar-refractivity contribution in [3.8, 4) is 0 Å². The third-order valence-corrected chi connectivity index (χ3v) is 3.52. The van der Waals surface area contributed by atoms with Crippen molar-refractivity contribution in [3.05, 3.63) is 29.6 Å². The van der Waals surface area contributed by atoms with Crippen LogP contribution in [-0.2, 0) is 4.74 Å². The summed E-state index contributed by atoms with van der Waals surface area (Å²) in [4.78, 5) is 13.1. The molecule has 1 heterocycles. The minimum Gasteiger partial charge on any atom is -0.453 e. The van der Waals surface area contributed by atoms with Crippen molar-refractivity contribution in [3.63, 3.8) is 0 Å². The van der Waals surface area contributed by atoms with Crippen LogP contribution in [0.25, 0.3) is 0 Å². The molecule has 110 valence electrons. The van der Waals surface area contributed by atoms with Gasteiger partial charge in [-0.1, -0.05) is 12.1 Å². The van der Waals surface area contributed by atoms with E-state index in [0.717, 1.165) is 12.0 Å². The fraction of sp³-hybridized carbons (Fsp3) is 0.500. The van der Waals surface area contributed by atoms with Crippen molar-refractivity contribution in [2.75, 3.05) is 25.1 Å². The van der Waals surface area contributed by atoms with Crippen LogP contribution in [0.4, 0.5) is 14.9 Å².